The zero-order valence-electron chi connectivity index (χ0n) is 28.8. The quantitative estimate of drug-likeness (QED) is 0.128. The van der Waals surface area contributed by atoms with E-state index in [9.17, 15) is 15.0 Å². The first-order valence-corrected chi connectivity index (χ1v) is 15.9. The second-order valence-electron chi connectivity index (χ2n) is 12.6. The van der Waals surface area contributed by atoms with Gasteiger partial charge < -0.3 is 24.7 Å². The van der Waals surface area contributed by atoms with Gasteiger partial charge in [0.1, 0.15) is 6.61 Å². The van der Waals surface area contributed by atoms with E-state index in [1.54, 1.807) is 0 Å². The molecule has 250 valence electrons. The molecule has 10 nitrogen and oxygen atoms in total. The number of carbonyl (C=O) groups excluding carboxylic acids is 1. The number of nitrogens with zero attached hydrogens (tertiary/aromatic N) is 6. The summed E-state index contributed by atoms with van der Waals surface area (Å²) in [7, 11) is 1.96. The van der Waals surface area contributed by atoms with Crippen LogP contribution in [0.15, 0.2) is 93.3 Å². The monoisotopic (exact) mass is 632 g/mol. The molecule has 0 saturated carbocycles. The first kappa shape index (κ1) is 38.0. The summed E-state index contributed by atoms with van der Waals surface area (Å²) in [6, 6.07) is 22.5. The number of hydrogen-bond acceptors (Lipinski definition) is 10. The van der Waals surface area contributed by atoms with E-state index in [1.807, 2.05) is 117 Å². The number of benzene rings is 3. The van der Waals surface area contributed by atoms with Crippen molar-refractivity contribution in [1.29, 1.82) is 0 Å². The Morgan fingerprint density at radius 1 is 0.652 bits per heavy atom. The zero-order chi connectivity index (χ0) is 34.2. The molecule has 0 aliphatic carbocycles. The Labute approximate surface area is 274 Å². The maximum atomic E-state index is 12.6. The molecule has 0 saturated heterocycles. The van der Waals surface area contributed by atoms with Crippen LogP contribution in [0, 0.1) is 10.8 Å². The van der Waals surface area contributed by atoms with Crippen LogP contribution in [0.5, 0.6) is 0 Å². The number of ether oxygens (including phenoxy) is 1. The highest BCUT2D eigenvalue weighted by Crippen LogP contribution is 2.34. The number of carbonyl (C=O) groups is 1. The Hall–Kier alpha value is -4.15. The molecular weight excluding hydrogens is 580 g/mol. The van der Waals surface area contributed by atoms with Crippen LogP contribution < -0.4 is 9.80 Å². The number of rotatable bonds is 15. The molecule has 0 atom stereocenters. The van der Waals surface area contributed by atoms with Crippen LogP contribution in [-0.4, -0.2) is 62.7 Å². The number of anilines is 2. The average molecular weight is 633 g/mol. The molecule has 46 heavy (non-hydrogen) atoms. The van der Waals surface area contributed by atoms with Crippen LogP contribution in [0.3, 0.4) is 0 Å². The summed E-state index contributed by atoms with van der Waals surface area (Å²) in [5, 5.41) is 35.7. The largest absolute Gasteiger partial charge is 0.463 e. The van der Waals surface area contributed by atoms with Gasteiger partial charge in [-0.25, -0.2) is 0 Å². The van der Waals surface area contributed by atoms with Crippen molar-refractivity contribution in [3.8, 4) is 0 Å². The first-order chi connectivity index (χ1) is 21.9. The smallest absolute Gasteiger partial charge is 0.311 e. The first-order valence-electron chi connectivity index (χ1n) is 15.9. The molecule has 0 aliphatic rings. The third-order valence-corrected chi connectivity index (χ3v) is 6.84. The third-order valence-electron chi connectivity index (χ3n) is 6.84. The van der Waals surface area contributed by atoms with Gasteiger partial charge in [0, 0.05) is 31.5 Å². The van der Waals surface area contributed by atoms with E-state index in [1.165, 1.54) is 0 Å². The standard InChI is InChI=1S/C34H46N6O4.C2H6/c1-33(2,3)25-34(4,5)32(43)44-24-21-39(6)30-15-11-28(12-16-30)37-35-26-7-9-27(10-8-26)36-38-29-13-17-31(18-14-29)40(19-22-41)20-23-42;1-2/h7-18,41-42H,19-25H2,1-6H3;1-2H3. The number of aliphatic hydroxyl groups excluding tert-OH is 2. The highest BCUT2D eigenvalue weighted by atomic mass is 16.5. The molecule has 3 aromatic carbocycles. The Bertz CT molecular complexity index is 1360. The van der Waals surface area contributed by atoms with E-state index in [0.717, 1.165) is 23.5 Å². The van der Waals surface area contributed by atoms with Crippen LogP contribution in [0.1, 0.15) is 54.9 Å². The number of esters is 1. The maximum absolute atomic E-state index is 12.6. The molecule has 0 aromatic heterocycles. The lowest BCUT2D eigenvalue weighted by molar-refractivity contribution is -0.155. The second kappa shape index (κ2) is 18.7. The van der Waals surface area contributed by atoms with Crippen LogP contribution in [0.4, 0.5) is 34.1 Å². The highest BCUT2D eigenvalue weighted by molar-refractivity contribution is 5.76. The van der Waals surface area contributed by atoms with Gasteiger partial charge in [0.15, 0.2) is 0 Å². The number of hydrogen-bond donors (Lipinski definition) is 2. The molecule has 0 spiro atoms. The summed E-state index contributed by atoms with van der Waals surface area (Å²) in [5.74, 6) is -0.166. The molecule has 10 heteroatoms. The summed E-state index contributed by atoms with van der Waals surface area (Å²) in [6.45, 7) is 16.1. The molecule has 0 fully saturated rings. The number of aliphatic hydroxyl groups is 2. The van der Waals surface area contributed by atoms with Gasteiger partial charge in [-0.15, -0.1) is 0 Å². The molecule has 0 unspecified atom stereocenters. The molecule has 0 bridgehead atoms. The van der Waals surface area contributed by atoms with Gasteiger partial charge in [0.25, 0.3) is 0 Å². The van der Waals surface area contributed by atoms with Gasteiger partial charge in [0.05, 0.1) is 47.9 Å². The Morgan fingerprint density at radius 3 is 1.39 bits per heavy atom. The summed E-state index contributed by atoms with van der Waals surface area (Å²) < 4.78 is 5.59. The van der Waals surface area contributed by atoms with Crippen molar-refractivity contribution in [2.24, 2.45) is 31.3 Å². The van der Waals surface area contributed by atoms with Gasteiger partial charge in [-0.1, -0.05) is 34.6 Å². The molecular formula is C36H52N6O4. The van der Waals surface area contributed by atoms with Crippen molar-refractivity contribution in [1.82, 2.24) is 0 Å². The summed E-state index contributed by atoms with van der Waals surface area (Å²) in [6.07, 6.45) is 0.759. The Kier molecular flexibility index (Phi) is 15.5. The van der Waals surface area contributed by atoms with Gasteiger partial charge in [-0.2, -0.15) is 20.5 Å². The van der Waals surface area contributed by atoms with Gasteiger partial charge in [-0.05, 0) is 98.5 Å². The summed E-state index contributed by atoms with van der Waals surface area (Å²) in [4.78, 5) is 16.5. The predicted octanol–water partition coefficient (Wildman–Crippen LogP) is 8.78. The molecule has 0 radical (unpaired) electrons. The molecule has 3 aromatic rings. The fraction of sp³-hybridized carbons (Fsp3) is 0.472. The normalized spacial score (nSPS) is 11.8. The lowest BCUT2D eigenvalue weighted by atomic mass is 9.76. The lowest BCUT2D eigenvalue weighted by Crippen LogP contribution is -2.33. The zero-order valence-corrected chi connectivity index (χ0v) is 28.8. The van der Waals surface area contributed by atoms with Crippen LogP contribution in [-0.2, 0) is 9.53 Å². The topological polar surface area (TPSA) is 123 Å². The van der Waals surface area contributed by atoms with Crippen LogP contribution in [0.2, 0.25) is 0 Å². The minimum absolute atomic E-state index is 0.0131. The van der Waals surface area contributed by atoms with Crippen molar-refractivity contribution in [2.75, 3.05) is 56.3 Å². The van der Waals surface area contributed by atoms with E-state index < -0.39 is 5.41 Å². The summed E-state index contributed by atoms with van der Waals surface area (Å²) in [5.41, 5.74) is 4.22. The van der Waals surface area contributed by atoms with Crippen molar-refractivity contribution < 1.29 is 19.7 Å². The minimum atomic E-state index is -0.520. The van der Waals surface area contributed by atoms with E-state index >= 15 is 0 Å². The van der Waals surface area contributed by atoms with Crippen molar-refractivity contribution in [3.63, 3.8) is 0 Å². The summed E-state index contributed by atoms with van der Waals surface area (Å²) >= 11 is 0. The average Bonchev–Trinajstić information content (AvgIpc) is 3.03. The van der Waals surface area contributed by atoms with Crippen molar-refractivity contribution in [3.05, 3.63) is 72.8 Å². The Balaban J connectivity index is 0.00000361. The van der Waals surface area contributed by atoms with E-state index in [2.05, 4.69) is 41.2 Å². The van der Waals surface area contributed by atoms with Crippen molar-refractivity contribution in [2.45, 2.75) is 54.9 Å². The molecule has 0 amide bonds. The third kappa shape index (κ3) is 13.1. The number of likely N-dealkylation sites (N-methyl/N-ethyl adjacent to an activating group) is 1. The molecule has 3 rings (SSSR count). The SMILES string of the molecule is CC.CN(CCOC(=O)C(C)(C)CC(C)(C)C)c1ccc(N=Nc2ccc(N=Nc3ccc(N(CCO)CCO)cc3)cc2)cc1. The van der Waals surface area contributed by atoms with E-state index in [4.69, 9.17) is 4.74 Å². The molecule has 0 heterocycles. The van der Waals surface area contributed by atoms with Gasteiger partial charge in [-0.3, -0.25) is 4.79 Å². The molecule has 2 N–H and O–H groups in total. The predicted molar refractivity (Wildman–Crippen MR) is 187 cm³/mol. The lowest BCUT2D eigenvalue weighted by Gasteiger charge is -2.30. The fourth-order valence-corrected chi connectivity index (χ4v) is 4.93. The maximum Gasteiger partial charge on any atom is 0.311 e. The van der Waals surface area contributed by atoms with Crippen LogP contribution in [0.25, 0.3) is 0 Å². The second-order valence-corrected chi connectivity index (χ2v) is 12.6. The fourth-order valence-electron chi connectivity index (χ4n) is 4.93. The van der Waals surface area contributed by atoms with Crippen LogP contribution >= 0.6 is 0 Å². The Morgan fingerprint density at radius 2 is 1.02 bits per heavy atom. The highest BCUT2D eigenvalue weighted by Gasteiger charge is 2.33. The van der Waals surface area contributed by atoms with Crippen molar-refractivity contribution >= 4 is 40.1 Å². The number of azo groups is 2. The molecule has 0 aliphatic heterocycles. The van der Waals surface area contributed by atoms with Gasteiger partial charge in [0.2, 0.25) is 0 Å². The van der Waals surface area contributed by atoms with Gasteiger partial charge >= 0.3 is 5.97 Å². The van der Waals surface area contributed by atoms with E-state index in [0.29, 0.717) is 43.3 Å². The minimum Gasteiger partial charge on any atom is -0.463 e. The van der Waals surface area contributed by atoms with E-state index in [-0.39, 0.29) is 24.6 Å².